The number of fused-ring (bicyclic) bond motifs is 1. The van der Waals surface area contributed by atoms with E-state index in [2.05, 4.69) is 46.8 Å². The Hall–Kier alpha value is -0.640. The number of hydrogen-bond acceptors (Lipinski definition) is 3. The van der Waals surface area contributed by atoms with E-state index in [9.17, 15) is 10.2 Å². The van der Waals surface area contributed by atoms with Crippen LogP contribution in [0.25, 0.3) is 0 Å². The van der Waals surface area contributed by atoms with Gasteiger partial charge in [0.25, 0.3) is 0 Å². The van der Waals surface area contributed by atoms with Gasteiger partial charge < -0.3 is 14.9 Å². The molecule has 31 heavy (non-hydrogen) atoms. The summed E-state index contributed by atoms with van der Waals surface area (Å²) in [7, 11) is 0. The molecule has 0 amide bonds. The summed E-state index contributed by atoms with van der Waals surface area (Å²) in [6, 6.07) is 0. The standard InChI is InChI=1S/C28H46O3/c1-18(2)19(3)17-31-20(4)23-10-11-24-22(7-6-12-27(23,24)5)9-8-21-15-25(29)28(13-14-28)26(30)16-21/h8-9,18-20,23-26,29-30H,6-7,10-17H2,1-5H3/b22-9+/t19-,20+,23?,24?,25+,26+,27?/m0/s1. The molecule has 0 aromatic rings. The molecule has 4 rings (SSSR count). The van der Waals surface area contributed by atoms with Crippen molar-refractivity contribution in [1.82, 2.24) is 0 Å². The van der Waals surface area contributed by atoms with E-state index in [1.54, 1.807) is 5.57 Å². The lowest BCUT2D eigenvalue weighted by Crippen LogP contribution is -2.39. The summed E-state index contributed by atoms with van der Waals surface area (Å²) in [5, 5.41) is 21.1. The topological polar surface area (TPSA) is 49.7 Å². The average Bonchev–Trinajstić information content (AvgIpc) is 3.45. The molecular weight excluding hydrogens is 384 g/mol. The Morgan fingerprint density at radius 2 is 1.68 bits per heavy atom. The van der Waals surface area contributed by atoms with Crippen LogP contribution in [0.1, 0.15) is 92.4 Å². The summed E-state index contributed by atoms with van der Waals surface area (Å²) in [4.78, 5) is 0. The molecule has 4 aliphatic carbocycles. The molecule has 176 valence electrons. The zero-order chi connectivity index (χ0) is 22.4. The van der Waals surface area contributed by atoms with Crippen LogP contribution in [0.4, 0.5) is 0 Å². The van der Waals surface area contributed by atoms with E-state index in [1.807, 2.05) is 0 Å². The predicted molar refractivity (Wildman–Crippen MR) is 127 cm³/mol. The molecule has 0 aromatic heterocycles. The molecule has 3 heteroatoms. The summed E-state index contributed by atoms with van der Waals surface area (Å²) >= 11 is 0. The van der Waals surface area contributed by atoms with Gasteiger partial charge in [-0.05, 0) is 93.8 Å². The molecule has 4 fully saturated rings. The van der Waals surface area contributed by atoms with Crippen molar-refractivity contribution in [3.8, 4) is 0 Å². The maximum absolute atomic E-state index is 10.6. The third-order valence-electron chi connectivity index (χ3n) is 9.96. The zero-order valence-corrected chi connectivity index (χ0v) is 20.6. The Bertz CT molecular complexity index is 687. The summed E-state index contributed by atoms with van der Waals surface area (Å²) < 4.78 is 6.42. The van der Waals surface area contributed by atoms with Crippen molar-refractivity contribution in [1.29, 1.82) is 0 Å². The Kier molecular flexibility index (Phi) is 6.79. The molecule has 4 aliphatic rings. The van der Waals surface area contributed by atoms with E-state index >= 15 is 0 Å². The number of hydrogen-bond donors (Lipinski definition) is 2. The second kappa shape index (κ2) is 8.95. The number of aliphatic hydroxyl groups excluding tert-OH is 2. The van der Waals surface area contributed by atoms with E-state index in [0.717, 1.165) is 32.3 Å². The molecule has 3 nitrogen and oxygen atoms in total. The van der Waals surface area contributed by atoms with Crippen LogP contribution in [0.2, 0.25) is 0 Å². The van der Waals surface area contributed by atoms with Gasteiger partial charge >= 0.3 is 0 Å². The van der Waals surface area contributed by atoms with Crippen molar-refractivity contribution in [2.75, 3.05) is 6.61 Å². The first-order valence-corrected chi connectivity index (χ1v) is 13.0. The van der Waals surface area contributed by atoms with Crippen LogP contribution in [0.3, 0.4) is 0 Å². The van der Waals surface area contributed by atoms with Gasteiger partial charge in [-0.2, -0.15) is 0 Å². The van der Waals surface area contributed by atoms with Gasteiger partial charge in [0, 0.05) is 12.0 Å². The molecule has 0 radical (unpaired) electrons. The van der Waals surface area contributed by atoms with E-state index < -0.39 is 0 Å². The van der Waals surface area contributed by atoms with Gasteiger partial charge in [0.2, 0.25) is 0 Å². The van der Waals surface area contributed by atoms with Crippen LogP contribution in [0.15, 0.2) is 23.3 Å². The average molecular weight is 431 g/mol. The van der Waals surface area contributed by atoms with E-state index in [1.165, 1.54) is 37.7 Å². The summed E-state index contributed by atoms with van der Waals surface area (Å²) in [5.74, 6) is 2.57. The fourth-order valence-corrected chi connectivity index (χ4v) is 7.04. The minimum Gasteiger partial charge on any atom is -0.392 e. The quantitative estimate of drug-likeness (QED) is 0.539. The van der Waals surface area contributed by atoms with Crippen LogP contribution in [0, 0.1) is 34.5 Å². The van der Waals surface area contributed by atoms with Crippen molar-refractivity contribution in [3.63, 3.8) is 0 Å². The highest BCUT2D eigenvalue weighted by Crippen LogP contribution is 2.59. The van der Waals surface area contributed by atoms with Crippen molar-refractivity contribution in [3.05, 3.63) is 23.3 Å². The lowest BCUT2D eigenvalue weighted by molar-refractivity contribution is -0.0403. The first kappa shape index (κ1) is 23.5. The van der Waals surface area contributed by atoms with Gasteiger partial charge in [-0.3, -0.25) is 0 Å². The minimum atomic E-state index is -0.361. The van der Waals surface area contributed by atoms with Crippen molar-refractivity contribution < 1.29 is 14.9 Å². The number of aliphatic hydroxyl groups is 2. The molecule has 7 atom stereocenters. The third kappa shape index (κ3) is 4.44. The maximum Gasteiger partial charge on any atom is 0.0658 e. The van der Waals surface area contributed by atoms with Gasteiger partial charge in [-0.25, -0.2) is 0 Å². The SMILES string of the molecule is CC(C)[C@@H](C)CO[C@H](C)C1CCC2/C(=C/C=C3C[C@@H](O)C4(CC4)[C@H](O)C3)CCCC21C. The number of rotatable bonds is 6. The lowest BCUT2D eigenvalue weighted by Gasteiger charge is -2.44. The van der Waals surface area contributed by atoms with Gasteiger partial charge in [0.05, 0.1) is 18.3 Å². The second-order valence-corrected chi connectivity index (χ2v) is 12.1. The van der Waals surface area contributed by atoms with E-state index in [4.69, 9.17) is 4.74 Å². The maximum atomic E-state index is 10.6. The molecule has 0 aliphatic heterocycles. The smallest absolute Gasteiger partial charge is 0.0658 e. The third-order valence-corrected chi connectivity index (χ3v) is 9.96. The predicted octanol–water partition coefficient (Wildman–Crippen LogP) is 6.05. The largest absolute Gasteiger partial charge is 0.392 e. The fraction of sp³-hybridized carbons (Fsp3) is 0.857. The highest BCUT2D eigenvalue weighted by Gasteiger charge is 2.56. The molecule has 2 N–H and O–H groups in total. The molecule has 0 bridgehead atoms. The Morgan fingerprint density at radius 3 is 2.29 bits per heavy atom. The highest BCUT2D eigenvalue weighted by molar-refractivity contribution is 5.28. The van der Waals surface area contributed by atoms with E-state index in [-0.39, 0.29) is 17.6 Å². The monoisotopic (exact) mass is 430 g/mol. The Labute approximate surface area is 190 Å². The zero-order valence-electron chi connectivity index (χ0n) is 20.6. The van der Waals surface area contributed by atoms with Crippen molar-refractivity contribution >= 4 is 0 Å². The van der Waals surface area contributed by atoms with Gasteiger partial charge in [-0.1, -0.05) is 51.0 Å². The number of allylic oxidation sites excluding steroid dienone is 3. The van der Waals surface area contributed by atoms with E-state index in [0.29, 0.717) is 35.2 Å². The van der Waals surface area contributed by atoms with Gasteiger partial charge in [0.15, 0.2) is 0 Å². The van der Waals surface area contributed by atoms with Crippen LogP contribution in [0.5, 0.6) is 0 Å². The fourth-order valence-electron chi connectivity index (χ4n) is 7.04. The molecule has 1 spiro atoms. The lowest BCUT2D eigenvalue weighted by atomic mass is 9.62. The first-order valence-electron chi connectivity index (χ1n) is 13.0. The van der Waals surface area contributed by atoms with Gasteiger partial charge in [0.1, 0.15) is 0 Å². The second-order valence-electron chi connectivity index (χ2n) is 12.1. The van der Waals surface area contributed by atoms with Gasteiger partial charge in [-0.15, -0.1) is 0 Å². The Balaban J connectivity index is 1.42. The first-order chi connectivity index (χ1) is 14.7. The summed E-state index contributed by atoms with van der Waals surface area (Å²) in [6.07, 6.45) is 14.0. The molecular formula is C28H46O3. The summed E-state index contributed by atoms with van der Waals surface area (Å²) in [6.45, 7) is 12.6. The van der Waals surface area contributed by atoms with Crippen molar-refractivity contribution in [2.45, 2.75) is 111 Å². The van der Waals surface area contributed by atoms with Crippen LogP contribution in [-0.4, -0.2) is 35.1 Å². The molecule has 4 saturated carbocycles. The van der Waals surface area contributed by atoms with Crippen LogP contribution in [-0.2, 0) is 4.74 Å². The van der Waals surface area contributed by atoms with Crippen molar-refractivity contribution in [2.24, 2.45) is 34.5 Å². The summed E-state index contributed by atoms with van der Waals surface area (Å²) in [5.41, 5.74) is 3.00. The molecule has 3 unspecified atom stereocenters. The van der Waals surface area contributed by atoms with Crippen LogP contribution >= 0.6 is 0 Å². The Morgan fingerprint density at radius 1 is 1.00 bits per heavy atom. The normalized spacial score (nSPS) is 40.3. The molecule has 0 heterocycles. The van der Waals surface area contributed by atoms with Crippen LogP contribution < -0.4 is 0 Å². The highest BCUT2D eigenvalue weighted by atomic mass is 16.5. The minimum absolute atomic E-state index is 0.171. The number of ether oxygens (including phenoxy) is 1. The molecule has 0 saturated heterocycles. The molecule has 0 aromatic carbocycles.